The van der Waals surface area contributed by atoms with Gasteiger partial charge in [-0.05, 0) is 45.2 Å². The highest BCUT2D eigenvalue weighted by Gasteiger charge is 2.21. The molecule has 0 heterocycles. The molecular weight excluding hydrogens is 248 g/mol. The van der Waals surface area contributed by atoms with Crippen molar-refractivity contribution >= 4 is 5.69 Å². The van der Waals surface area contributed by atoms with E-state index in [1.54, 1.807) is 0 Å². The van der Waals surface area contributed by atoms with Crippen LogP contribution >= 0.6 is 0 Å². The smallest absolute Gasteiger partial charge is 0.0641 e. The lowest BCUT2D eigenvalue weighted by Crippen LogP contribution is -2.29. The van der Waals surface area contributed by atoms with Gasteiger partial charge in [-0.3, -0.25) is 0 Å². The van der Waals surface area contributed by atoms with Gasteiger partial charge in [-0.1, -0.05) is 17.7 Å². The van der Waals surface area contributed by atoms with E-state index < -0.39 is 0 Å². The average molecular weight is 276 g/mol. The summed E-state index contributed by atoms with van der Waals surface area (Å²) < 4.78 is 5.50. The second kappa shape index (κ2) is 7.65. The van der Waals surface area contributed by atoms with Crippen LogP contribution in [0.1, 0.15) is 37.8 Å². The maximum Gasteiger partial charge on any atom is 0.0641 e. The highest BCUT2D eigenvalue weighted by molar-refractivity contribution is 5.55. The van der Waals surface area contributed by atoms with Crippen molar-refractivity contribution in [1.82, 2.24) is 5.32 Å². The lowest BCUT2D eigenvalue weighted by molar-refractivity contribution is 0.154. The van der Waals surface area contributed by atoms with Gasteiger partial charge in [0.05, 0.1) is 6.61 Å². The van der Waals surface area contributed by atoms with E-state index in [-0.39, 0.29) is 0 Å². The second-order valence-corrected chi connectivity index (χ2v) is 5.56. The molecule has 0 radical (unpaired) electrons. The molecule has 0 unspecified atom stereocenters. The maximum atomic E-state index is 5.50. The Morgan fingerprint density at radius 3 is 2.75 bits per heavy atom. The van der Waals surface area contributed by atoms with Crippen LogP contribution in [0.25, 0.3) is 0 Å². The van der Waals surface area contributed by atoms with Gasteiger partial charge in [0.1, 0.15) is 0 Å². The highest BCUT2D eigenvalue weighted by atomic mass is 16.5. The number of anilines is 1. The molecule has 0 bridgehead atoms. The summed E-state index contributed by atoms with van der Waals surface area (Å²) in [6.45, 7) is 11.0. The monoisotopic (exact) mass is 276 g/mol. The fourth-order valence-corrected chi connectivity index (χ4v) is 2.47. The molecule has 1 aliphatic rings. The van der Waals surface area contributed by atoms with E-state index in [1.165, 1.54) is 29.7 Å². The van der Waals surface area contributed by atoms with Crippen molar-refractivity contribution in [2.24, 2.45) is 0 Å². The molecule has 2 rings (SSSR count). The van der Waals surface area contributed by atoms with Gasteiger partial charge >= 0.3 is 0 Å². The van der Waals surface area contributed by atoms with E-state index in [0.29, 0.717) is 0 Å². The molecule has 0 atom stereocenters. The molecule has 0 saturated heterocycles. The van der Waals surface area contributed by atoms with Crippen molar-refractivity contribution in [3.63, 3.8) is 0 Å². The third-order valence-corrected chi connectivity index (χ3v) is 3.83. The fourth-order valence-electron chi connectivity index (χ4n) is 2.47. The van der Waals surface area contributed by atoms with Gasteiger partial charge < -0.3 is 15.0 Å². The van der Waals surface area contributed by atoms with Crippen LogP contribution in [0.4, 0.5) is 5.69 Å². The number of hydrogen-bond acceptors (Lipinski definition) is 3. The molecule has 0 amide bonds. The Morgan fingerprint density at radius 1 is 1.30 bits per heavy atom. The van der Waals surface area contributed by atoms with Crippen LogP contribution in [-0.2, 0) is 11.3 Å². The van der Waals surface area contributed by atoms with Crippen molar-refractivity contribution in [2.45, 2.75) is 46.2 Å². The number of nitrogens with one attached hydrogen (secondary N) is 1. The summed E-state index contributed by atoms with van der Waals surface area (Å²) in [5.74, 6) is 0. The first-order chi connectivity index (χ1) is 9.74. The number of likely N-dealkylation sites (N-methyl/N-ethyl adjacent to an activating group) is 1. The molecule has 1 aromatic rings. The first kappa shape index (κ1) is 15.3. The summed E-state index contributed by atoms with van der Waals surface area (Å²) in [5.41, 5.74) is 4.10. The molecule has 1 N–H and O–H groups in total. The van der Waals surface area contributed by atoms with Crippen LogP contribution in [0.3, 0.4) is 0 Å². The molecule has 0 spiro atoms. The van der Waals surface area contributed by atoms with E-state index in [4.69, 9.17) is 4.74 Å². The van der Waals surface area contributed by atoms with Crippen molar-refractivity contribution < 1.29 is 4.74 Å². The van der Waals surface area contributed by atoms with Crippen LogP contribution in [0.5, 0.6) is 0 Å². The molecule has 0 aliphatic heterocycles. The number of hydrogen-bond donors (Lipinski definition) is 1. The van der Waals surface area contributed by atoms with Gasteiger partial charge in [0, 0.05) is 38.0 Å². The van der Waals surface area contributed by atoms with E-state index in [0.717, 1.165) is 38.9 Å². The number of ether oxygens (including phenoxy) is 1. The zero-order valence-electron chi connectivity index (χ0n) is 13.1. The molecule has 1 fully saturated rings. The number of rotatable bonds is 9. The Morgan fingerprint density at radius 2 is 2.10 bits per heavy atom. The van der Waals surface area contributed by atoms with Gasteiger partial charge in [-0.15, -0.1) is 0 Å². The zero-order chi connectivity index (χ0) is 14.4. The summed E-state index contributed by atoms with van der Waals surface area (Å²) in [6, 6.07) is 7.53. The number of nitrogens with zero attached hydrogens (tertiary/aromatic N) is 1. The van der Waals surface area contributed by atoms with Crippen LogP contribution in [0.2, 0.25) is 0 Å². The molecule has 1 aliphatic carbocycles. The molecule has 3 nitrogen and oxygen atoms in total. The molecule has 1 saturated carbocycles. The summed E-state index contributed by atoms with van der Waals surface area (Å²) >= 11 is 0. The predicted molar refractivity (Wildman–Crippen MR) is 85.4 cm³/mol. The normalized spacial score (nSPS) is 14.6. The van der Waals surface area contributed by atoms with E-state index >= 15 is 0 Å². The molecule has 1 aromatic carbocycles. The van der Waals surface area contributed by atoms with E-state index in [1.807, 2.05) is 6.92 Å². The lowest BCUT2D eigenvalue weighted by atomic mass is 10.1. The van der Waals surface area contributed by atoms with Crippen LogP contribution in [0, 0.1) is 6.92 Å². The lowest BCUT2D eigenvalue weighted by Gasteiger charge is -2.26. The maximum absolute atomic E-state index is 5.50. The van der Waals surface area contributed by atoms with Gasteiger partial charge in [-0.2, -0.15) is 0 Å². The average Bonchev–Trinajstić information content (AvgIpc) is 3.26. The molecule has 0 aromatic heterocycles. The summed E-state index contributed by atoms with van der Waals surface area (Å²) in [6.07, 6.45) is 2.67. The standard InChI is InChI=1S/C17H28N2O/c1-4-19(10-11-20-5-2)17-9-6-14(3)12-15(17)13-18-16-7-8-16/h6,9,12,16,18H,4-5,7-8,10-11,13H2,1-3H3. The van der Waals surface area contributed by atoms with Crippen LogP contribution in [0.15, 0.2) is 18.2 Å². The first-order valence-corrected chi connectivity index (χ1v) is 7.90. The van der Waals surface area contributed by atoms with Crippen LogP contribution < -0.4 is 10.2 Å². The minimum atomic E-state index is 0.752. The van der Waals surface area contributed by atoms with Crippen LogP contribution in [-0.4, -0.2) is 32.3 Å². The fraction of sp³-hybridized carbons (Fsp3) is 0.647. The number of aryl methyl sites for hydroxylation is 1. The molecular formula is C17H28N2O. The zero-order valence-corrected chi connectivity index (χ0v) is 13.1. The number of benzene rings is 1. The predicted octanol–water partition coefficient (Wildman–Crippen LogP) is 3.11. The third-order valence-electron chi connectivity index (χ3n) is 3.83. The Labute approximate surface area is 123 Å². The van der Waals surface area contributed by atoms with Gasteiger partial charge in [-0.25, -0.2) is 0 Å². The van der Waals surface area contributed by atoms with Gasteiger partial charge in [0.25, 0.3) is 0 Å². The summed E-state index contributed by atoms with van der Waals surface area (Å²) in [5, 5.41) is 3.63. The Balaban J connectivity index is 2.05. The van der Waals surface area contributed by atoms with E-state index in [2.05, 4.69) is 42.3 Å². The molecule has 3 heteroatoms. The van der Waals surface area contributed by atoms with Gasteiger partial charge in [0.15, 0.2) is 0 Å². The summed E-state index contributed by atoms with van der Waals surface area (Å²) in [4.78, 5) is 2.42. The van der Waals surface area contributed by atoms with Crippen molar-refractivity contribution in [2.75, 3.05) is 31.2 Å². The highest BCUT2D eigenvalue weighted by Crippen LogP contribution is 2.24. The first-order valence-electron chi connectivity index (χ1n) is 7.90. The van der Waals surface area contributed by atoms with Crippen molar-refractivity contribution in [3.8, 4) is 0 Å². The Kier molecular flexibility index (Phi) is 5.86. The largest absolute Gasteiger partial charge is 0.380 e. The Hall–Kier alpha value is -1.06. The Bertz CT molecular complexity index is 415. The molecule has 20 heavy (non-hydrogen) atoms. The minimum Gasteiger partial charge on any atom is -0.380 e. The van der Waals surface area contributed by atoms with Gasteiger partial charge in [0.2, 0.25) is 0 Å². The second-order valence-electron chi connectivity index (χ2n) is 5.56. The third kappa shape index (κ3) is 4.50. The SMILES string of the molecule is CCOCCN(CC)c1ccc(C)cc1CNC1CC1. The molecule has 112 valence electrons. The topological polar surface area (TPSA) is 24.5 Å². The van der Waals surface area contributed by atoms with Crippen molar-refractivity contribution in [1.29, 1.82) is 0 Å². The minimum absolute atomic E-state index is 0.752. The summed E-state index contributed by atoms with van der Waals surface area (Å²) in [7, 11) is 0. The van der Waals surface area contributed by atoms with E-state index in [9.17, 15) is 0 Å². The quantitative estimate of drug-likeness (QED) is 0.701. The van der Waals surface area contributed by atoms with Crippen molar-refractivity contribution in [3.05, 3.63) is 29.3 Å².